The lowest BCUT2D eigenvalue weighted by Gasteiger charge is -2.38. The van der Waals surface area contributed by atoms with Crippen molar-refractivity contribution in [1.29, 1.82) is 0 Å². The quantitative estimate of drug-likeness (QED) is 0.838. The Morgan fingerprint density at radius 3 is 3.10 bits per heavy atom. The van der Waals surface area contributed by atoms with E-state index in [9.17, 15) is 4.79 Å². The summed E-state index contributed by atoms with van der Waals surface area (Å²) in [6, 6.07) is 0.734. The van der Waals surface area contributed by atoms with Gasteiger partial charge in [0.2, 0.25) is 0 Å². The van der Waals surface area contributed by atoms with Crippen LogP contribution in [0.15, 0.2) is 0 Å². The van der Waals surface area contributed by atoms with Crippen molar-refractivity contribution in [3.63, 3.8) is 0 Å². The minimum Gasteiger partial charge on any atom is -0.374 e. The van der Waals surface area contributed by atoms with Crippen molar-refractivity contribution in [3.8, 4) is 0 Å². The molecule has 1 aliphatic carbocycles. The van der Waals surface area contributed by atoms with E-state index in [0.29, 0.717) is 6.04 Å². The minimum absolute atomic E-state index is 0.0290. The van der Waals surface area contributed by atoms with Gasteiger partial charge in [-0.2, -0.15) is 11.8 Å². The number of ether oxygens (including phenoxy) is 1. The molecule has 4 unspecified atom stereocenters. The van der Waals surface area contributed by atoms with E-state index in [0.717, 1.165) is 44.0 Å². The summed E-state index contributed by atoms with van der Waals surface area (Å²) in [6.07, 6.45) is 6.68. The van der Waals surface area contributed by atoms with E-state index >= 15 is 0 Å². The Labute approximate surface area is 125 Å². The number of hydrogen-bond acceptors (Lipinski definition) is 3. The fourth-order valence-corrected chi connectivity index (χ4v) is 4.90. The van der Waals surface area contributed by atoms with Crippen molar-refractivity contribution in [3.05, 3.63) is 0 Å². The van der Waals surface area contributed by atoms with Crippen LogP contribution in [0.1, 0.15) is 45.4 Å². The molecule has 2 saturated heterocycles. The minimum atomic E-state index is 0.0290. The first-order valence-corrected chi connectivity index (χ1v) is 9.15. The molecule has 0 bridgehead atoms. The summed E-state index contributed by atoms with van der Waals surface area (Å²) in [5.41, 5.74) is 0.0468. The van der Waals surface area contributed by atoms with Gasteiger partial charge >= 0.3 is 6.03 Å². The number of nitrogens with one attached hydrogen (secondary N) is 2. The van der Waals surface area contributed by atoms with Crippen molar-refractivity contribution in [2.45, 2.75) is 63.1 Å². The first kappa shape index (κ1) is 14.5. The number of rotatable bonds is 4. The lowest BCUT2D eigenvalue weighted by molar-refractivity contribution is -0.0684. The van der Waals surface area contributed by atoms with E-state index in [1.165, 1.54) is 18.6 Å². The average Bonchev–Trinajstić information content (AvgIpc) is 2.97. The van der Waals surface area contributed by atoms with Gasteiger partial charge in [-0.25, -0.2) is 4.79 Å². The summed E-state index contributed by atoms with van der Waals surface area (Å²) in [5, 5.41) is 6.28. The average molecular weight is 298 g/mol. The van der Waals surface area contributed by atoms with Gasteiger partial charge in [-0.15, -0.1) is 0 Å². The molecule has 114 valence electrons. The molecule has 20 heavy (non-hydrogen) atoms. The molecule has 3 rings (SSSR count). The molecule has 0 aromatic heterocycles. The highest BCUT2D eigenvalue weighted by Crippen LogP contribution is 2.38. The maximum Gasteiger partial charge on any atom is 0.315 e. The van der Waals surface area contributed by atoms with Crippen LogP contribution in [0, 0.1) is 5.92 Å². The number of amides is 2. The fourth-order valence-electron chi connectivity index (χ4n) is 3.52. The SMILES string of the molecule is CCCC1CC1NC(=O)NC1CCOC2(CCSC2)C1. The van der Waals surface area contributed by atoms with E-state index in [-0.39, 0.29) is 17.7 Å². The Kier molecular flexibility index (Phi) is 4.46. The maximum atomic E-state index is 12.0. The van der Waals surface area contributed by atoms with E-state index in [1.54, 1.807) is 0 Å². The second-order valence-electron chi connectivity index (χ2n) is 6.53. The van der Waals surface area contributed by atoms with Crippen molar-refractivity contribution in [1.82, 2.24) is 10.6 Å². The third kappa shape index (κ3) is 3.42. The standard InChI is InChI=1S/C15H26N2O2S/c1-2-3-11-8-13(11)17-14(18)16-12-4-6-19-15(9-12)5-7-20-10-15/h11-13H,2-10H2,1H3,(H2,16,17,18). The number of urea groups is 1. The Morgan fingerprint density at radius 2 is 2.35 bits per heavy atom. The first-order valence-electron chi connectivity index (χ1n) is 7.99. The van der Waals surface area contributed by atoms with Crippen molar-refractivity contribution < 1.29 is 9.53 Å². The van der Waals surface area contributed by atoms with E-state index < -0.39 is 0 Å². The summed E-state index contributed by atoms with van der Waals surface area (Å²) in [7, 11) is 0. The molecule has 2 N–H and O–H groups in total. The molecular formula is C15H26N2O2S. The molecule has 0 aromatic carbocycles. The number of thioether (sulfide) groups is 1. The van der Waals surface area contributed by atoms with Gasteiger partial charge in [-0.05, 0) is 43.8 Å². The maximum absolute atomic E-state index is 12.0. The Morgan fingerprint density at radius 1 is 1.45 bits per heavy atom. The highest BCUT2D eigenvalue weighted by Gasteiger charge is 2.41. The van der Waals surface area contributed by atoms with Gasteiger partial charge in [0.15, 0.2) is 0 Å². The second kappa shape index (κ2) is 6.14. The predicted molar refractivity (Wildman–Crippen MR) is 82.1 cm³/mol. The molecule has 1 saturated carbocycles. The zero-order valence-corrected chi connectivity index (χ0v) is 13.1. The molecule has 4 nitrogen and oxygen atoms in total. The van der Waals surface area contributed by atoms with Gasteiger partial charge < -0.3 is 15.4 Å². The molecule has 3 aliphatic rings. The molecule has 0 aromatic rings. The summed E-state index contributed by atoms with van der Waals surface area (Å²) in [5.74, 6) is 3.01. The van der Waals surface area contributed by atoms with Gasteiger partial charge in [0.1, 0.15) is 0 Å². The van der Waals surface area contributed by atoms with Gasteiger partial charge in [-0.3, -0.25) is 0 Å². The zero-order valence-electron chi connectivity index (χ0n) is 12.3. The summed E-state index contributed by atoms with van der Waals surface area (Å²) in [6.45, 7) is 2.99. The van der Waals surface area contributed by atoms with Gasteiger partial charge in [0.25, 0.3) is 0 Å². The summed E-state index contributed by atoms with van der Waals surface area (Å²) in [4.78, 5) is 12.0. The van der Waals surface area contributed by atoms with Crippen LogP contribution in [0.5, 0.6) is 0 Å². The van der Waals surface area contributed by atoms with Gasteiger partial charge in [0.05, 0.1) is 5.60 Å². The summed E-state index contributed by atoms with van der Waals surface area (Å²) < 4.78 is 5.99. The van der Waals surface area contributed by atoms with E-state index in [4.69, 9.17) is 4.74 Å². The Hall–Kier alpha value is -0.420. The van der Waals surface area contributed by atoms with E-state index in [2.05, 4.69) is 17.6 Å². The molecule has 5 heteroatoms. The van der Waals surface area contributed by atoms with Crippen molar-refractivity contribution in [2.75, 3.05) is 18.1 Å². The van der Waals surface area contributed by atoms with Crippen LogP contribution in [-0.4, -0.2) is 41.8 Å². The normalized spacial score (nSPS) is 39.8. The van der Waals surface area contributed by atoms with Gasteiger partial charge in [-0.1, -0.05) is 13.3 Å². The zero-order chi connectivity index (χ0) is 14.0. The second-order valence-corrected chi connectivity index (χ2v) is 7.64. The highest BCUT2D eigenvalue weighted by molar-refractivity contribution is 7.99. The predicted octanol–water partition coefficient (Wildman–Crippen LogP) is 2.53. The van der Waals surface area contributed by atoms with Gasteiger partial charge in [0, 0.05) is 24.4 Å². The molecule has 2 aliphatic heterocycles. The van der Waals surface area contributed by atoms with Crippen LogP contribution < -0.4 is 10.6 Å². The number of hydrogen-bond donors (Lipinski definition) is 2. The third-order valence-corrected chi connectivity index (χ3v) is 6.02. The molecule has 3 fully saturated rings. The number of carbonyl (C=O) groups is 1. The van der Waals surface area contributed by atoms with E-state index in [1.807, 2.05) is 11.8 Å². The highest BCUT2D eigenvalue weighted by atomic mass is 32.2. The monoisotopic (exact) mass is 298 g/mol. The van der Waals surface area contributed by atoms with Crippen LogP contribution in [0.3, 0.4) is 0 Å². The van der Waals surface area contributed by atoms with Crippen LogP contribution in [0.2, 0.25) is 0 Å². The molecule has 2 heterocycles. The van der Waals surface area contributed by atoms with Crippen LogP contribution in [0.25, 0.3) is 0 Å². The largest absolute Gasteiger partial charge is 0.374 e. The van der Waals surface area contributed by atoms with Crippen LogP contribution in [0.4, 0.5) is 4.79 Å². The molecule has 1 spiro atoms. The molecule has 0 radical (unpaired) electrons. The molecule has 4 atom stereocenters. The third-order valence-electron chi connectivity index (χ3n) is 4.79. The van der Waals surface area contributed by atoms with Crippen LogP contribution >= 0.6 is 11.8 Å². The summed E-state index contributed by atoms with van der Waals surface area (Å²) >= 11 is 1.97. The van der Waals surface area contributed by atoms with Crippen molar-refractivity contribution >= 4 is 17.8 Å². The fraction of sp³-hybridized carbons (Fsp3) is 0.933. The Balaban J connectivity index is 1.42. The molecule has 2 amide bonds. The smallest absolute Gasteiger partial charge is 0.315 e. The van der Waals surface area contributed by atoms with Crippen LogP contribution in [-0.2, 0) is 4.74 Å². The molecular weight excluding hydrogens is 272 g/mol. The lowest BCUT2D eigenvalue weighted by Crippen LogP contribution is -2.51. The lowest BCUT2D eigenvalue weighted by atomic mass is 9.90. The topological polar surface area (TPSA) is 50.4 Å². The Bertz CT molecular complexity index is 358. The first-order chi connectivity index (χ1) is 9.71. The van der Waals surface area contributed by atoms with Crippen molar-refractivity contribution in [2.24, 2.45) is 5.92 Å². The number of carbonyl (C=O) groups excluding carboxylic acids is 1.